The van der Waals surface area contributed by atoms with Crippen molar-refractivity contribution in [2.45, 2.75) is 38.7 Å². The fraction of sp³-hybridized carbons (Fsp3) is 1.00. The molecule has 2 nitrogen and oxygen atoms in total. The summed E-state index contributed by atoms with van der Waals surface area (Å²) < 4.78 is 0. The molecular weight excluding hydrogens is 138 g/mol. The fourth-order valence-corrected chi connectivity index (χ4v) is 1.75. The van der Waals surface area contributed by atoms with E-state index in [9.17, 15) is 5.11 Å². The second-order valence-corrected chi connectivity index (χ2v) is 3.82. The second kappa shape index (κ2) is 3.55. The summed E-state index contributed by atoms with van der Waals surface area (Å²) in [6, 6.07) is 0. The molecule has 0 amide bonds. The van der Waals surface area contributed by atoms with Gasteiger partial charge in [0, 0.05) is 6.54 Å². The van der Waals surface area contributed by atoms with Crippen LogP contribution in [0.2, 0.25) is 0 Å². The molecule has 0 aromatic carbocycles. The standard InChI is InChI=1S/C9H19NO/c1-3-10-7-5-4-6-9(2,11)8-10/h11H,3-8H2,1-2H3. The largest absolute Gasteiger partial charge is 0.389 e. The predicted octanol–water partition coefficient (Wildman–Crippen LogP) is 1.24. The summed E-state index contributed by atoms with van der Waals surface area (Å²) in [6.45, 7) is 7.18. The van der Waals surface area contributed by atoms with Crippen LogP contribution in [0.4, 0.5) is 0 Å². The summed E-state index contributed by atoms with van der Waals surface area (Å²) in [4.78, 5) is 2.33. The number of hydrogen-bond acceptors (Lipinski definition) is 2. The van der Waals surface area contributed by atoms with Crippen molar-refractivity contribution < 1.29 is 5.11 Å². The van der Waals surface area contributed by atoms with Crippen molar-refractivity contribution in [1.29, 1.82) is 0 Å². The Hall–Kier alpha value is -0.0800. The van der Waals surface area contributed by atoms with E-state index in [-0.39, 0.29) is 0 Å². The molecule has 0 aliphatic carbocycles. The molecule has 2 heteroatoms. The van der Waals surface area contributed by atoms with Crippen LogP contribution in [-0.2, 0) is 0 Å². The Balaban J connectivity index is 2.47. The Kier molecular flexibility index (Phi) is 2.90. The van der Waals surface area contributed by atoms with E-state index in [0.717, 1.165) is 26.1 Å². The van der Waals surface area contributed by atoms with Crippen LogP contribution in [0.5, 0.6) is 0 Å². The molecule has 1 rings (SSSR count). The molecule has 1 aliphatic rings. The van der Waals surface area contributed by atoms with E-state index in [1.807, 2.05) is 6.92 Å². The predicted molar refractivity (Wildman–Crippen MR) is 46.6 cm³/mol. The summed E-state index contributed by atoms with van der Waals surface area (Å²) in [5.74, 6) is 0. The summed E-state index contributed by atoms with van der Waals surface area (Å²) in [5.41, 5.74) is -0.438. The maximum Gasteiger partial charge on any atom is 0.0746 e. The third kappa shape index (κ3) is 2.80. The number of β-amino-alcohol motifs (C(OH)–C–C–N with tert-alkyl or cyclic N) is 1. The van der Waals surface area contributed by atoms with Crippen LogP contribution in [0.15, 0.2) is 0 Å². The summed E-state index contributed by atoms with van der Waals surface area (Å²) in [7, 11) is 0. The molecule has 1 saturated heterocycles. The highest BCUT2D eigenvalue weighted by Gasteiger charge is 2.25. The van der Waals surface area contributed by atoms with Gasteiger partial charge in [0.1, 0.15) is 0 Å². The first-order chi connectivity index (χ1) is 5.14. The molecular formula is C9H19NO. The number of likely N-dealkylation sites (tertiary alicyclic amines) is 1. The SMILES string of the molecule is CCN1CCCCC(C)(O)C1. The van der Waals surface area contributed by atoms with Crippen LogP contribution < -0.4 is 0 Å². The van der Waals surface area contributed by atoms with Gasteiger partial charge in [-0.05, 0) is 39.3 Å². The number of likely N-dealkylation sites (N-methyl/N-ethyl adjacent to an activating group) is 1. The van der Waals surface area contributed by atoms with Crippen LogP contribution in [0.1, 0.15) is 33.1 Å². The molecule has 1 unspecified atom stereocenters. The Morgan fingerprint density at radius 1 is 1.45 bits per heavy atom. The molecule has 0 radical (unpaired) electrons. The third-order valence-corrected chi connectivity index (χ3v) is 2.45. The first kappa shape index (κ1) is 9.01. The molecule has 1 fully saturated rings. The van der Waals surface area contributed by atoms with E-state index >= 15 is 0 Å². The van der Waals surface area contributed by atoms with Gasteiger partial charge in [-0.25, -0.2) is 0 Å². The Morgan fingerprint density at radius 2 is 2.18 bits per heavy atom. The average Bonchev–Trinajstić information content (AvgIpc) is 2.10. The van der Waals surface area contributed by atoms with E-state index < -0.39 is 5.60 Å². The van der Waals surface area contributed by atoms with E-state index in [4.69, 9.17) is 0 Å². The average molecular weight is 157 g/mol. The van der Waals surface area contributed by atoms with Crippen LogP contribution >= 0.6 is 0 Å². The van der Waals surface area contributed by atoms with Gasteiger partial charge in [-0.3, -0.25) is 0 Å². The van der Waals surface area contributed by atoms with Gasteiger partial charge < -0.3 is 10.0 Å². The minimum Gasteiger partial charge on any atom is -0.389 e. The number of rotatable bonds is 1. The molecule has 0 saturated carbocycles. The molecule has 0 spiro atoms. The lowest BCUT2D eigenvalue weighted by Crippen LogP contribution is -2.38. The van der Waals surface area contributed by atoms with Crippen molar-refractivity contribution in [1.82, 2.24) is 4.90 Å². The lowest BCUT2D eigenvalue weighted by Gasteiger charge is -2.27. The summed E-state index contributed by atoms with van der Waals surface area (Å²) in [5, 5.41) is 9.81. The lowest BCUT2D eigenvalue weighted by atomic mass is 10.0. The van der Waals surface area contributed by atoms with Gasteiger partial charge in [-0.1, -0.05) is 6.92 Å². The maximum absolute atomic E-state index is 9.81. The Bertz CT molecular complexity index is 123. The van der Waals surface area contributed by atoms with Gasteiger partial charge in [-0.15, -0.1) is 0 Å². The normalized spacial score (nSPS) is 35.2. The molecule has 1 heterocycles. The topological polar surface area (TPSA) is 23.5 Å². The summed E-state index contributed by atoms with van der Waals surface area (Å²) >= 11 is 0. The van der Waals surface area contributed by atoms with E-state index in [2.05, 4.69) is 11.8 Å². The van der Waals surface area contributed by atoms with E-state index in [1.54, 1.807) is 0 Å². The van der Waals surface area contributed by atoms with Crippen molar-refractivity contribution in [3.05, 3.63) is 0 Å². The zero-order valence-corrected chi connectivity index (χ0v) is 7.64. The van der Waals surface area contributed by atoms with Crippen LogP contribution in [0, 0.1) is 0 Å². The van der Waals surface area contributed by atoms with Gasteiger partial charge in [0.2, 0.25) is 0 Å². The smallest absolute Gasteiger partial charge is 0.0746 e. The van der Waals surface area contributed by atoms with Crippen molar-refractivity contribution in [3.8, 4) is 0 Å². The van der Waals surface area contributed by atoms with Gasteiger partial charge in [0.05, 0.1) is 5.60 Å². The fourth-order valence-electron chi connectivity index (χ4n) is 1.75. The minimum atomic E-state index is -0.438. The second-order valence-electron chi connectivity index (χ2n) is 3.82. The first-order valence-corrected chi connectivity index (χ1v) is 4.59. The highest BCUT2D eigenvalue weighted by molar-refractivity contribution is 4.80. The highest BCUT2D eigenvalue weighted by Crippen LogP contribution is 2.19. The highest BCUT2D eigenvalue weighted by atomic mass is 16.3. The molecule has 1 aliphatic heterocycles. The zero-order valence-electron chi connectivity index (χ0n) is 7.64. The lowest BCUT2D eigenvalue weighted by molar-refractivity contribution is 0.0250. The number of nitrogens with zero attached hydrogens (tertiary/aromatic N) is 1. The van der Waals surface area contributed by atoms with Crippen molar-refractivity contribution in [2.75, 3.05) is 19.6 Å². The molecule has 11 heavy (non-hydrogen) atoms. The summed E-state index contributed by atoms with van der Waals surface area (Å²) in [6.07, 6.45) is 3.37. The minimum absolute atomic E-state index is 0.438. The molecule has 66 valence electrons. The number of aliphatic hydroxyl groups is 1. The zero-order chi connectivity index (χ0) is 8.32. The van der Waals surface area contributed by atoms with Crippen LogP contribution in [0.25, 0.3) is 0 Å². The van der Waals surface area contributed by atoms with Crippen molar-refractivity contribution >= 4 is 0 Å². The van der Waals surface area contributed by atoms with Crippen LogP contribution in [0.3, 0.4) is 0 Å². The Labute approximate surface area is 69.2 Å². The molecule has 1 N–H and O–H groups in total. The van der Waals surface area contributed by atoms with Gasteiger partial charge in [0.25, 0.3) is 0 Å². The van der Waals surface area contributed by atoms with Gasteiger partial charge in [0.15, 0.2) is 0 Å². The molecule has 0 aromatic heterocycles. The monoisotopic (exact) mass is 157 g/mol. The number of hydrogen-bond donors (Lipinski definition) is 1. The molecule has 0 aromatic rings. The van der Waals surface area contributed by atoms with E-state index in [0.29, 0.717) is 0 Å². The van der Waals surface area contributed by atoms with Gasteiger partial charge in [-0.2, -0.15) is 0 Å². The first-order valence-electron chi connectivity index (χ1n) is 4.59. The maximum atomic E-state index is 9.81. The quantitative estimate of drug-likeness (QED) is 0.619. The Morgan fingerprint density at radius 3 is 2.82 bits per heavy atom. The van der Waals surface area contributed by atoms with Crippen molar-refractivity contribution in [3.63, 3.8) is 0 Å². The van der Waals surface area contributed by atoms with Crippen molar-refractivity contribution in [2.24, 2.45) is 0 Å². The third-order valence-electron chi connectivity index (χ3n) is 2.45. The van der Waals surface area contributed by atoms with Gasteiger partial charge >= 0.3 is 0 Å². The molecule has 1 atom stereocenters. The van der Waals surface area contributed by atoms with Crippen LogP contribution in [-0.4, -0.2) is 35.2 Å². The molecule has 0 bridgehead atoms. The van der Waals surface area contributed by atoms with E-state index in [1.165, 1.54) is 12.8 Å².